The second-order valence-electron chi connectivity index (χ2n) is 5.42. The Morgan fingerprint density at radius 3 is 2.90 bits per heavy atom. The normalized spacial score (nSPS) is 30.8. The molecular weight excluding hydrogens is 254 g/mol. The molecule has 2 aliphatic rings. The van der Waals surface area contributed by atoms with Gasteiger partial charge in [-0.3, -0.25) is 0 Å². The number of rotatable bonds is 1. The van der Waals surface area contributed by atoms with Crippen molar-refractivity contribution in [2.45, 2.75) is 25.6 Å². The topological polar surface area (TPSA) is 64.3 Å². The van der Waals surface area contributed by atoms with Gasteiger partial charge >= 0.3 is 0 Å². The number of hydrogen-bond donors (Lipinski definition) is 1. The van der Waals surface area contributed by atoms with Gasteiger partial charge in [-0.25, -0.2) is 4.68 Å². The molecule has 0 saturated carbocycles. The summed E-state index contributed by atoms with van der Waals surface area (Å²) in [5, 5.41) is 11.8. The summed E-state index contributed by atoms with van der Waals surface area (Å²) in [6.07, 6.45) is 1.56. The molecule has 4 rings (SSSR count). The molecule has 1 aromatic carbocycles. The van der Waals surface area contributed by atoms with Crippen molar-refractivity contribution in [1.29, 1.82) is 0 Å². The Morgan fingerprint density at radius 2 is 2.10 bits per heavy atom. The number of hydrogen-bond acceptors (Lipinski definition) is 5. The van der Waals surface area contributed by atoms with Crippen LogP contribution in [0.3, 0.4) is 0 Å². The Morgan fingerprint density at radius 1 is 1.30 bits per heavy atom. The van der Waals surface area contributed by atoms with Gasteiger partial charge in [0.1, 0.15) is 6.33 Å². The van der Waals surface area contributed by atoms with Crippen LogP contribution in [0.5, 0.6) is 0 Å². The third-order valence-electron chi connectivity index (χ3n) is 4.08. The SMILES string of the molecule is CC1=NO[C@@]2(C)Nc3ncnn3[C@H](c3ccccc3)[C@@H]12. The predicted octanol–water partition coefficient (Wildman–Crippen LogP) is 2.03. The number of anilines is 1. The van der Waals surface area contributed by atoms with E-state index in [4.69, 9.17) is 4.84 Å². The maximum atomic E-state index is 5.63. The summed E-state index contributed by atoms with van der Waals surface area (Å²) in [6.45, 7) is 4.00. The van der Waals surface area contributed by atoms with E-state index in [0.717, 1.165) is 5.71 Å². The van der Waals surface area contributed by atoms with Crippen LogP contribution < -0.4 is 5.32 Å². The molecule has 3 heterocycles. The van der Waals surface area contributed by atoms with E-state index in [9.17, 15) is 0 Å². The van der Waals surface area contributed by atoms with Crippen molar-refractivity contribution in [2.75, 3.05) is 5.32 Å². The van der Waals surface area contributed by atoms with Crippen molar-refractivity contribution in [1.82, 2.24) is 14.8 Å². The Bertz CT molecular complexity index is 680. The molecular formula is C14H15N5O. The number of benzene rings is 1. The number of nitrogens with one attached hydrogen (secondary N) is 1. The van der Waals surface area contributed by atoms with Crippen LogP contribution in [0.4, 0.5) is 5.95 Å². The third-order valence-corrected chi connectivity index (χ3v) is 4.08. The summed E-state index contributed by atoms with van der Waals surface area (Å²) in [5.41, 5.74) is 1.57. The lowest BCUT2D eigenvalue weighted by atomic mass is 9.81. The lowest BCUT2D eigenvalue weighted by Crippen LogP contribution is -2.52. The highest BCUT2D eigenvalue weighted by Crippen LogP contribution is 2.45. The lowest BCUT2D eigenvalue weighted by Gasteiger charge is -2.40. The summed E-state index contributed by atoms with van der Waals surface area (Å²) >= 11 is 0. The minimum absolute atomic E-state index is 0.0335. The van der Waals surface area contributed by atoms with E-state index in [-0.39, 0.29) is 12.0 Å². The van der Waals surface area contributed by atoms with Crippen molar-refractivity contribution in [3.8, 4) is 0 Å². The molecule has 0 saturated heterocycles. The molecule has 1 N–H and O–H groups in total. The molecule has 0 aliphatic carbocycles. The molecule has 0 spiro atoms. The van der Waals surface area contributed by atoms with Crippen LogP contribution in [0.25, 0.3) is 0 Å². The second-order valence-corrected chi connectivity index (χ2v) is 5.42. The highest BCUT2D eigenvalue weighted by molar-refractivity contribution is 5.88. The highest BCUT2D eigenvalue weighted by atomic mass is 16.7. The molecule has 6 heteroatoms. The van der Waals surface area contributed by atoms with E-state index in [1.165, 1.54) is 5.56 Å². The first kappa shape index (κ1) is 11.5. The van der Waals surface area contributed by atoms with Gasteiger partial charge in [-0.05, 0) is 19.4 Å². The summed E-state index contributed by atoms with van der Waals surface area (Å²) < 4.78 is 1.91. The Hall–Kier alpha value is -2.37. The number of nitrogens with zero attached hydrogens (tertiary/aromatic N) is 4. The molecule has 1 aromatic heterocycles. The van der Waals surface area contributed by atoms with Crippen LogP contribution >= 0.6 is 0 Å². The van der Waals surface area contributed by atoms with Gasteiger partial charge in [0.2, 0.25) is 11.7 Å². The standard InChI is InChI=1S/C14H15N5O/c1-9-11-12(10-6-4-3-5-7-10)19-13(15-8-16-19)17-14(11,2)20-18-9/h3-8,11-12H,1-2H3,(H,15,16,17)/t11-,12-,14-/m1/s1. The summed E-state index contributed by atoms with van der Waals surface area (Å²) in [5.74, 6) is 0.793. The van der Waals surface area contributed by atoms with E-state index >= 15 is 0 Å². The molecule has 0 amide bonds. The molecule has 102 valence electrons. The van der Waals surface area contributed by atoms with Crippen LogP contribution in [-0.2, 0) is 4.84 Å². The quantitative estimate of drug-likeness (QED) is 0.860. The van der Waals surface area contributed by atoms with Gasteiger partial charge in [0, 0.05) is 0 Å². The Labute approximate surface area is 116 Å². The first-order valence-corrected chi connectivity index (χ1v) is 6.64. The molecule has 6 nitrogen and oxygen atoms in total. The number of fused-ring (bicyclic) bond motifs is 2. The van der Waals surface area contributed by atoms with Gasteiger partial charge in [0.15, 0.2) is 0 Å². The van der Waals surface area contributed by atoms with Crippen molar-refractivity contribution in [3.63, 3.8) is 0 Å². The van der Waals surface area contributed by atoms with Crippen molar-refractivity contribution < 1.29 is 4.84 Å². The van der Waals surface area contributed by atoms with Crippen molar-refractivity contribution in [3.05, 3.63) is 42.2 Å². The summed E-state index contributed by atoms with van der Waals surface area (Å²) in [7, 11) is 0. The fourth-order valence-electron chi connectivity index (χ4n) is 3.20. The summed E-state index contributed by atoms with van der Waals surface area (Å²) in [4.78, 5) is 9.90. The zero-order valence-corrected chi connectivity index (χ0v) is 11.3. The minimum Gasteiger partial charge on any atom is -0.367 e. The fourth-order valence-corrected chi connectivity index (χ4v) is 3.20. The van der Waals surface area contributed by atoms with Crippen molar-refractivity contribution >= 4 is 11.7 Å². The largest absolute Gasteiger partial charge is 0.367 e. The van der Waals surface area contributed by atoms with Gasteiger partial charge in [-0.15, -0.1) is 0 Å². The van der Waals surface area contributed by atoms with E-state index in [0.29, 0.717) is 5.95 Å². The van der Waals surface area contributed by atoms with Crippen LogP contribution in [0.15, 0.2) is 41.8 Å². The maximum absolute atomic E-state index is 5.63. The minimum atomic E-state index is -0.576. The molecule has 0 bridgehead atoms. The lowest BCUT2D eigenvalue weighted by molar-refractivity contribution is -0.0234. The fraction of sp³-hybridized carbons (Fsp3) is 0.357. The van der Waals surface area contributed by atoms with E-state index in [1.807, 2.05) is 36.7 Å². The highest BCUT2D eigenvalue weighted by Gasteiger charge is 2.53. The number of aromatic nitrogens is 3. The molecule has 2 aliphatic heterocycles. The smallest absolute Gasteiger partial charge is 0.224 e. The second kappa shape index (κ2) is 3.82. The molecule has 0 radical (unpaired) electrons. The first-order valence-electron chi connectivity index (χ1n) is 6.64. The third kappa shape index (κ3) is 1.41. The average Bonchev–Trinajstić information content (AvgIpc) is 3.02. The van der Waals surface area contributed by atoms with E-state index < -0.39 is 5.72 Å². The molecule has 20 heavy (non-hydrogen) atoms. The van der Waals surface area contributed by atoms with E-state index in [2.05, 4.69) is 32.7 Å². The van der Waals surface area contributed by atoms with Gasteiger partial charge in [0.05, 0.1) is 17.7 Å². The first-order chi connectivity index (χ1) is 9.69. The molecule has 0 fully saturated rings. The van der Waals surface area contributed by atoms with Gasteiger partial charge in [0.25, 0.3) is 0 Å². The van der Waals surface area contributed by atoms with Crippen molar-refractivity contribution in [2.24, 2.45) is 11.1 Å². The number of oxime groups is 1. The zero-order valence-electron chi connectivity index (χ0n) is 11.3. The Kier molecular flexibility index (Phi) is 2.19. The van der Waals surface area contributed by atoms with Crippen LogP contribution in [-0.4, -0.2) is 26.2 Å². The predicted molar refractivity (Wildman–Crippen MR) is 74.3 cm³/mol. The van der Waals surface area contributed by atoms with Gasteiger partial charge in [-0.1, -0.05) is 35.5 Å². The van der Waals surface area contributed by atoms with Crippen LogP contribution in [0.1, 0.15) is 25.5 Å². The van der Waals surface area contributed by atoms with Crippen LogP contribution in [0, 0.1) is 5.92 Å². The van der Waals surface area contributed by atoms with Crippen LogP contribution in [0.2, 0.25) is 0 Å². The van der Waals surface area contributed by atoms with E-state index in [1.54, 1.807) is 6.33 Å². The van der Waals surface area contributed by atoms with Gasteiger partial charge < -0.3 is 10.2 Å². The van der Waals surface area contributed by atoms with Gasteiger partial charge in [-0.2, -0.15) is 10.1 Å². The molecule has 0 unspecified atom stereocenters. The zero-order chi connectivity index (χ0) is 13.7. The average molecular weight is 269 g/mol. The molecule has 2 aromatic rings. The maximum Gasteiger partial charge on any atom is 0.224 e. The monoisotopic (exact) mass is 269 g/mol. The Balaban J connectivity index is 1.92. The summed E-state index contributed by atoms with van der Waals surface area (Å²) in [6, 6.07) is 10.3. The molecule has 3 atom stereocenters.